The molecule has 3 heterocycles. The van der Waals surface area contributed by atoms with E-state index in [1.807, 2.05) is 18.5 Å². The summed E-state index contributed by atoms with van der Waals surface area (Å²) in [5, 5.41) is 0. The summed E-state index contributed by atoms with van der Waals surface area (Å²) in [4.78, 5) is 9.29. The van der Waals surface area contributed by atoms with Crippen molar-refractivity contribution in [3.05, 3.63) is 40.6 Å². The van der Waals surface area contributed by atoms with Crippen LogP contribution in [-0.2, 0) is 21.3 Å². The smallest absolute Gasteiger partial charge is 0.182 e. The van der Waals surface area contributed by atoms with E-state index < -0.39 is 0 Å². The van der Waals surface area contributed by atoms with E-state index in [0.29, 0.717) is 11.8 Å². The summed E-state index contributed by atoms with van der Waals surface area (Å²) in [7, 11) is 0. The molecule has 2 aromatic rings. The largest absolute Gasteiger partial charge is 0.347 e. The molecular weight excluding hydrogens is 394 g/mol. The Kier molecular flexibility index (Phi) is 3.82. The minimum absolute atomic E-state index is 0.0591. The summed E-state index contributed by atoms with van der Waals surface area (Å²) >= 11 is 3.70. The fourth-order valence-electron chi connectivity index (χ4n) is 5.60. The summed E-state index contributed by atoms with van der Waals surface area (Å²) in [6.45, 7) is 6.15. The van der Waals surface area contributed by atoms with Crippen LogP contribution in [0, 0.1) is 11.8 Å². The highest BCUT2D eigenvalue weighted by Crippen LogP contribution is 2.57. The van der Waals surface area contributed by atoms with Crippen molar-refractivity contribution < 1.29 is 9.47 Å². The number of ether oxygens (including phenoxy) is 2. The highest BCUT2D eigenvalue weighted by atomic mass is 79.9. The van der Waals surface area contributed by atoms with Gasteiger partial charge in [0, 0.05) is 29.6 Å². The maximum atomic E-state index is 6.11. The minimum Gasteiger partial charge on any atom is -0.347 e. The molecule has 3 aliphatic rings. The zero-order valence-electron chi connectivity index (χ0n) is 15.2. The SMILES string of the molecule is C[C@@H]1[C@H]2CCc3c(nc(Br)n3-c3cccnc3)[C@]2(C)CCC12OCCO2. The van der Waals surface area contributed by atoms with Gasteiger partial charge < -0.3 is 9.47 Å². The van der Waals surface area contributed by atoms with E-state index >= 15 is 0 Å². The molecule has 0 aromatic carbocycles. The van der Waals surface area contributed by atoms with Crippen molar-refractivity contribution in [2.75, 3.05) is 13.2 Å². The number of hydrogen-bond acceptors (Lipinski definition) is 4. The molecule has 2 fully saturated rings. The molecule has 0 amide bonds. The molecule has 1 aliphatic heterocycles. The first-order valence-corrected chi connectivity index (χ1v) is 10.3. The summed E-state index contributed by atoms with van der Waals surface area (Å²) in [6.07, 6.45) is 7.85. The van der Waals surface area contributed by atoms with Crippen LogP contribution in [0.25, 0.3) is 5.69 Å². The fraction of sp³-hybridized carbons (Fsp3) is 0.600. The second-order valence-corrected chi connectivity index (χ2v) is 8.79. The highest BCUT2D eigenvalue weighted by Gasteiger charge is 2.58. The summed E-state index contributed by atoms with van der Waals surface area (Å²) in [5.41, 5.74) is 3.69. The predicted octanol–water partition coefficient (Wildman–Crippen LogP) is 4.02. The quantitative estimate of drug-likeness (QED) is 0.702. The Balaban J connectivity index is 1.58. The molecule has 26 heavy (non-hydrogen) atoms. The van der Waals surface area contributed by atoms with Crippen molar-refractivity contribution >= 4 is 15.9 Å². The van der Waals surface area contributed by atoms with Gasteiger partial charge in [0.15, 0.2) is 10.5 Å². The van der Waals surface area contributed by atoms with Crippen LogP contribution in [0.4, 0.5) is 0 Å². The normalized spacial score (nSPS) is 32.4. The predicted molar refractivity (Wildman–Crippen MR) is 101 cm³/mol. The van der Waals surface area contributed by atoms with Gasteiger partial charge in [0.05, 0.1) is 30.8 Å². The maximum absolute atomic E-state index is 6.11. The lowest BCUT2D eigenvalue weighted by molar-refractivity contribution is -0.234. The Labute approximate surface area is 162 Å². The van der Waals surface area contributed by atoms with Gasteiger partial charge in [0.1, 0.15) is 0 Å². The molecule has 2 aromatic heterocycles. The number of hydrogen-bond donors (Lipinski definition) is 0. The standard InChI is InChI=1S/C20H24BrN3O2/c1-13-15-5-6-16-17(19(15,2)7-8-20(13)25-10-11-26-20)23-18(21)24(16)14-4-3-9-22-12-14/h3-4,9,12-13,15H,5-8,10-11H2,1-2H3/t13-,15-,19-/m1/s1. The molecule has 0 N–H and O–H groups in total. The number of aromatic nitrogens is 3. The van der Waals surface area contributed by atoms with Gasteiger partial charge >= 0.3 is 0 Å². The first kappa shape index (κ1) is 16.9. The molecule has 0 radical (unpaired) electrons. The second kappa shape index (κ2) is 5.88. The molecule has 6 heteroatoms. The number of rotatable bonds is 1. The van der Waals surface area contributed by atoms with E-state index in [1.165, 1.54) is 11.4 Å². The Morgan fingerprint density at radius 2 is 2.08 bits per heavy atom. The third-order valence-electron chi connectivity index (χ3n) is 6.95. The monoisotopic (exact) mass is 417 g/mol. The lowest BCUT2D eigenvalue weighted by Gasteiger charge is -2.53. The zero-order chi connectivity index (χ0) is 17.9. The Morgan fingerprint density at radius 1 is 1.27 bits per heavy atom. The van der Waals surface area contributed by atoms with Gasteiger partial charge in [-0.1, -0.05) is 13.8 Å². The van der Waals surface area contributed by atoms with E-state index in [1.54, 1.807) is 0 Å². The van der Waals surface area contributed by atoms with Crippen molar-refractivity contribution in [3.63, 3.8) is 0 Å². The molecule has 5 nitrogen and oxygen atoms in total. The van der Waals surface area contributed by atoms with Crippen LogP contribution in [-0.4, -0.2) is 33.5 Å². The summed E-state index contributed by atoms with van der Waals surface area (Å²) in [6, 6.07) is 4.07. The van der Waals surface area contributed by atoms with Crippen molar-refractivity contribution in [2.45, 2.75) is 50.7 Å². The lowest BCUT2D eigenvalue weighted by Crippen LogP contribution is -2.55. The first-order valence-electron chi connectivity index (χ1n) is 9.51. The average Bonchev–Trinajstić information content (AvgIpc) is 3.25. The molecule has 1 spiro atoms. The van der Waals surface area contributed by atoms with E-state index in [9.17, 15) is 0 Å². The molecule has 1 saturated carbocycles. The number of pyridine rings is 1. The maximum Gasteiger partial charge on any atom is 0.182 e. The highest BCUT2D eigenvalue weighted by molar-refractivity contribution is 9.10. The average molecular weight is 418 g/mol. The van der Waals surface area contributed by atoms with Crippen LogP contribution < -0.4 is 0 Å². The van der Waals surface area contributed by atoms with Gasteiger partial charge in [-0.2, -0.15) is 0 Å². The molecule has 2 aliphatic carbocycles. The van der Waals surface area contributed by atoms with Crippen LogP contribution in [0.5, 0.6) is 0 Å². The number of nitrogens with zero attached hydrogens (tertiary/aromatic N) is 3. The zero-order valence-corrected chi connectivity index (χ0v) is 16.8. The molecule has 1 saturated heterocycles. The van der Waals surface area contributed by atoms with Crippen LogP contribution in [0.2, 0.25) is 0 Å². The lowest BCUT2D eigenvalue weighted by atomic mass is 9.55. The van der Waals surface area contributed by atoms with Gasteiger partial charge in [0.2, 0.25) is 0 Å². The van der Waals surface area contributed by atoms with E-state index in [2.05, 4.69) is 45.4 Å². The summed E-state index contributed by atoms with van der Waals surface area (Å²) in [5.74, 6) is 0.524. The van der Waals surface area contributed by atoms with Crippen LogP contribution in [0.15, 0.2) is 29.3 Å². The number of imidazole rings is 1. The molecule has 138 valence electrons. The van der Waals surface area contributed by atoms with Gasteiger partial charge in [-0.15, -0.1) is 0 Å². The van der Waals surface area contributed by atoms with Crippen molar-refractivity contribution in [2.24, 2.45) is 11.8 Å². The topological polar surface area (TPSA) is 49.2 Å². The molecule has 0 bridgehead atoms. The molecular formula is C20H24BrN3O2. The van der Waals surface area contributed by atoms with Gasteiger partial charge in [-0.25, -0.2) is 4.98 Å². The Morgan fingerprint density at radius 3 is 2.81 bits per heavy atom. The van der Waals surface area contributed by atoms with Gasteiger partial charge in [-0.3, -0.25) is 9.55 Å². The summed E-state index contributed by atoms with van der Waals surface area (Å²) < 4.78 is 15.3. The van der Waals surface area contributed by atoms with Crippen LogP contribution in [0.1, 0.15) is 44.5 Å². The van der Waals surface area contributed by atoms with E-state index in [0.717, 1.165) is 49.3 Å². The molecule has 0 unspecified atom stereocenters. The van der Waals surface area contributed by atoms with Crippen LogP contribution in [0.3, 0.4) is 0 Å². The third kappa shape index (κ3) is 2.21. The Bertz CT molecular complexity index is 831. The molecule has 5 rings (SSSR count). The minimum atomic E-state index is -0.370. The third-order valence-corrected chi connectivity index (χ3v) is 7.49. The van der Waals surface area contributed by atoms with E-state index in [-0.39, 0.29) is 11.2 Å². The number of halogens is 1. The first-order chi connectivity index (χ1) is 12.6. The number of fused-ring (bicyclic) bond motifs is 3. The Hall–Kier alpha value is -1.24. The van der Waals surface area contributed by atoms with Gasteiger partial charge in [-0.05, 0) is 53.2 Å². The second-order valence-electron chi connectivity index (χ2n) is 8.08. The van der Waals surface area contributed by atoms with Crippen LogP contribution >= 0.6 is 15.9 Å². The fourth-order valence-corrected chi connectivity index (χ4v) is 6.19. The van der Waals surface area contributed by atoms with Crippen molar-refractivity contribution in [1.29, 1.82) is 0 Å². The van der Waals surface area contributed by atoms with Crippen molar-refractivity contribution in [1.82, 2.24) is 14.5 Å². The molecule has 3 atom stereocenters. The van der Waals surface area contributed by atoms with Gasteiger partial charge in [0.25, 0.3) is 0 Å². The van der Waals surface area contributed by atoms with Crippen molar-refractivity contribution in [3.8, 4) is 5.69 Å². The van der Waals surface area contributed by atoms with E-state index in [4.69, 9.17) is 14.5 Å².